The number of fused-ring (bicyclic) bond motifs is 2. The lowest BCUT2D eigenvalue weighted by molar-refractivity contribution is 0.646. The van der Waals surface area contributed by atoms with Gasteiger partial charge in [0.25, 0.3) is 0 Å². The van der Waals surface area contributed by atoms with E-state index in [2.05, 4.69) is 36.4 Å². The predicted octanol–water partition coefficient (Wildman–Crippen LogP) is 4.94. The van der Waals surface area contributed by atoms with E-state index in [1.807, 2.05) is 6.07 Å². The highest BCUT2D eigenvalue weighted by atomic mass is 35.5. The van der Waals surface area contributed by atoms with E-state index in [0.29, 0.717) is 5.92 Å². The van der Waals surface area contributed by atoms with Gasteiger partial charge in [0.1, 0.15) is 0 Å². The van der Waals surface area contributed by atoms with Crippen LogP contribution in [0.2, 0.25) is 0 Å². The van der Waals surface area contributed by atoms with E-state index < -0.39 is 0 Å². The van der Waals surface area contributed by atoms with Gasteiger partial charge in [0.2, 0.25) is 0 Å². The molecule has 2 aliphatic carbocycles. The Morgan fingerprint density at radius 1 is 1.11 bits per heavy atom. The normalized spacial score (nSPS) is 21.9. The Kier molecular flexibility index (Phi) is 2.49. The van der Waals surface area contributed by atoms with E-state index in [1.165, 1.54) is 22.2 Å². The SMILES string of the molecule is ClC1=C2CC(c3ccc4ccccc4n3)C2=CCC1. The lowest BCUT2D eigenvalue weighted by atomic mass is 9.70. The van der Waals surface area contributed by atoms with Crippen molar-refractivity contribution in [1.29, 1.82) is 0 Å². The van der Waals surface area contributed by atoms with Crippen molar-refractivity contribution in [3.63, 3.8) is 0 Å². The van der Waals surface area contributed by atoms with Gasteiger partial charge in [-0.25, -0.2) is 0 Å². The molecule has 2 heteroatoms. The van der Waals surface area contributed by atoms with Crippen molar-refractivity contribution < 1.29 is 0 Å². The minimum Gasteiger partial charge on any atom is -0.252 e. The Hall–Kier alpha value is -1.60. The van der Waals surface area contributed by atoms with Crippen LogP contribution in [0.25, 0.3) is 10.9 Å². The summed E-state index contributed by atoms with van der Waals surface area (Å²) in [4.78, 5) is 4.81. The summed E-state index contributed by atoms with van der Waals surface area (Å²) in [5.74, 6) is 0.452. The van der Waals surface area contributed by atoms with Crippen LogP contribution in [-0.4, -0.2) is 4.98 Å². The average Bonchev–Trinajstić information content (AvgIpc) is 2.41. The summed E-state index contributed by atoms with van der Waals surface area (Å²) in [5.41, 5.74) is 5.05. The van der Waals surface area contributed by atoms with E-state index in [-0.39, 0.29) is 0 Å². The second kappa shape index (κ2) is 4.21. The number of allylic oxidation sites excluding steroid dienone is 4. The second-order valence-corrected chi connectivity index (χ2v) is 5.72. The molecule has 1 unspecified atom stereocenters. The third-order valence-corrected chi connectivity index (χ3v) is 4.58. The van der Waals surface area contributed by atoms with Crippen molar-refractivity contribution in [1.82, 2.24) is 4.98 Å². The molecule has 0 N–H and O–H groups in total. The van der Waals surface area contributed by atoms with Gasteiger partial charge in [0, 0.05) is 22.0 Å². The fourth-order valence-electron chi connectivity index (χ4n) is 3.09. The van der Waals surface area contributed by atoms with E-state index in [9.17, 15) is 0 Å². The second-order valence-electron chi connectivity index (χ2n) is 5.27. The molecule has 0 saturated heterocycles. The third kappa shape index (κ3) is 1.73. The van der Waals surface area contributed by atoms with Gasteiger partial charge < -0.3 is 0 Å². The predicted molar refractivity (Wildman–Crippen MR) is 79.3 cm³/mol. The number of nitrogens with zero attached hydrogens (tertiary/aromatic N) is 1. The van der Waals surface area contributed by atoms with E-state index >= 15 is 0 Å². The summed E-state index contributed by atoms with van der Waals surface area (Å²) in [7, 11) is 0. The van der Waals surface area contributed by atoms with Crippen LogP contribution in [0.15, 0.2) is 58.7 Å². The van der Waals surface area contributed by atoms with Crippen LogP contribution in [0.5, 0.6) is 0 Å². The first-order valence-corrected chi connectivity index (χ1v) is 7.14. The molecule has 1 fully saturated rings. The molecule has 1 atom stereocenters. The topological polar surface area (TPSA) is 12.9 Å². The van der Waals surface area contributed by atoms with Crippen LogP contribution in [0.4, 0.5) is 0 Å². The Morgan fingerprint density at radius 3 is 2.95 bits per heavy atom. The van der Waals surface area contributed by atoms with Crippen molar-refractivity contribution >= 4 is 22.5 Å². The van der Waals surface area contributed by atoms with Crippen LogP contribution in [0.1, 0.15) is 30.9 Å². The number of rotatable bonds is 1. The van der Waals surface area contributed by atoms with Crippen molar-refractivity contribution in [3.8, 4) is 0 Å². The van der Waals surface area contributed by atoms with Gasteiger partial charge in [-0.1, -0.05) is 41.9 Å². The zero-order valence-electron chi connectivity index (χ0n) is 10.6. The number of benzene rings is 1. The van der Waals surface area contributed by atoms with Gasteiger partial charge in [-0.05, 0) is 42.5 Å². The smallest absolute Gasteiger partial charge is 0.0705 e. The zero-order valence-corrected chi connectivity index (χ0v) is 11.3. The highest BCUT2D eigenvalue weighted by molar-refractivity contribution is 6.30. The van der Waals surface area contributed by atoms with Gasteiger partial charge in [0.15, 0.2) is 0 Å². The minimum atomic E-state index is 0.452. The first-order chi connectivity index (χ1) is 9.33. The summed E-state index contributed by atoms with van der Waals surface area (Å²) >= 11 is 6.28. The van der Waals surface area contributed by atoms with Crippen LogP contribution >= 0.6 is 11.6 Å². The van der Waals surface area contributed by atoms with Crippen molar-refractivity contribution in [2.75, 3.05) is 0 Å². The van der Waals surface area contributed by atoms with Crippen LogP contribution in [-0.2, 0) is 0 Å². The lowest BCUT2D eigenvalue weighted by Crippen LogP contribution is -2.21. The Labute approximate surface area is 117 Å². The van der Waals surface area contributed by atoms with Gasteiger partial charge in [-0.15, -0.1) is 0 Å². The summed E-state index contributed by atoms with van der Waals surface area (Å²) in [6.45, 7) is 0. The summed E-state index contributed by atoms with van der Waals surface area (Å²) in [6.07, 6.45) is 5.47. The molecule has 0 amide bonds. The molecule has 1 aromatic carbocycles. The number of para-hydroxylation sites is 1. The van der Waals surface area contributed by atoms with Gasteiger partial charge >= 0.3 is 0 Å². The van der Waals surface area contributed by atoms with Gasteiger partial charge in [-0.2, -0.15) is 0 Å². The van der Waals surface area contributed by atoms with E-state index in [1.54, 1.807) is 0 Å². The average molecular weight is 268 g/mol. The molecule has 0 radical (unpaired) electrons. The molecule has 1 aromatic heterocycles. The molecule has 1 heterocycles. The molecule has 94 valence electrons. The number of hydrogen-bond acceptors (Lipinski definition) is 1. The van der Waals surface area contributed by atoms with Crippen LogP contribution < -0.4 is 0 Å². The van der Waals surface area contributed by atoms with Gasteiger partial charge in [0.05, 0.1) is 5.52 Å². The first kappa shape index (κ1) is 11.2. The molecule has 0 aliphatic heterocycles. The standard InChI is InChI=1S/C17H14ClN/c18-15-6-3-5-12-13(15)10-14(12)17-9-8-11-4-1-2-7-16(11)19-17/h1-2,4-5,7-9,14H,3,6,10H2. The summed E-state index contributed by atoms with van der Waals surface area (Å²) in [5, 5.41) is 2.27. The fraction of sp³-hybridized carbons (Fsp3) is 0.235. The maximum absolute atomic E-state index is 6.28. The third-order valence-electron chi connectivity index (χ3n) is 4.16. The maximum atomic E-state index is 6.28. The number of aromatic nitrogens is 1. The molecule has 2 aromatic rings. The van der Waals surface area contributed by atoms with E-state index in [0.717, 1.165) is 29.8 Å². The molecule has 0 bridgehead atoms. The summed E-state index contributed by atoms with van der Waals surface area (Å²) < 4.78 is 0. The fourth-order valence-corrected chi connectivity index (χ4v) is 3.38. The maximum Gasteiger partial charge on any atom is 0.0705 e. The van der Waals surface area contributed by atoms with Crippen molar-refractivity contribution in [2.45, 2.75) is 25.2 Å². The van der Waals surface area contributed by atoms with Crippen LogP contribution in [0, 0.1) is 0 Å². The number of halogens is 1. The highest BCUT2D eigenvalue weighted by Crippen LogP contribution is 2.51. The largest absolute Gasteiger partial charge is 0.252 e. The van der Waals surface area contributed by atoms with Crippen LogP contribution in [0.3, 0.4) is 0 Å². The van der Waals surface area contributed by atoms with Crippen molar-refractivity contribution in [2.24, 2.45) is 0 Å². The van der Waals surface area contributed by atoms with E-state index in [4.69, 9.17) is 16.6 Å². The molecule has 4 rings (SSSR count). The Morgan fingerprint density at radius 2 is 2.00 bits per heavy atom. The molecular formula is C17H14ClN. The van der Waals surface area contributed by atoms with Crippen molar-refractivity contribution in [3.05, 3.63) is 64.3 Å². The molecule has 19 heavy (non-hydrogen) atoms. The molecule has 1 nitrogen and oxygen atoms in total. The minimum absolute atomic E-state index is 0.452. The highest BCUT2D eigenvalue weighted by Gasteiger charge is 2.35. The Bertz CT molecular complexity index is 727. The first-order valence-electron chi connectivity index (χ1n) is 6.76. The monoisotopic (exact) mass is 267 g/mol. The number of pyridine rings is 1. The molecular weight excluding hydrogens is 254 g/mol. The Balaban J connectivity index is 1.75. The molecule has 1 saturated carbocycles. The quantitative estimate of drug-likeness (QED) is 0.713. The number of hydrogen-bond donors (Lipinski definition) is 0. The zero-order chi connectivity index (χ0) is 12.8. The molecule has 0 spiro atoms. The lowest BCUT2D eigenvalue weighted by Gasteiger charge is -2.36. The molecule has 2 aliphatic rings. The van der Waals surface area contributed by atoms with Gasteiger partial charge in [-0.3, -0.25) is 4.98 Å². The summed E-state index contributed by atoms with van der Waals surface area (Å²) in [6, 6.07) is 12.6.